The summed E-state index contributed by atoms with van der Waals surface area (Å²) in [4.78, 5) is 8.75. The van der Waals surface area contributed by atoms with Crippen LogP contribution in [0.2, 0.25) is 5.15 Å². The highest BCUT2D eigenvalue weighted by Crippen LogP contribution is 2.43. The number of hydrogen-bond acceptors (Lipinski definition) is 5. The van der Waals surface area contributed by atoms with Crippen molar-refractivity contribution in [2.45, 2.75) is 6.92 Å². The van der Waals surface area contributed by atoms with Crippen LogP contribution in [0, 0.1) is 10.5 Å². The van der Waals surface area contributed by atoms with Crippen molar-refractivity contribution < 1.29 is 14.2 Å². The van der Waals surface area contributed by atoms with Crippen molar-refractivity contribution in [1.82, 2.24) is 9.97 Å². The Bertz CT molecular complexity index is 671. The van der Waals surface area contributed by atoms with Gasteiger partial charge in [-0.2, -0.15) is 0 Å². The van der Waals surface area contributed by atoms with Crippen LogP contribution in [0.25, 0.3) is 11.4 Å². The minimum absolute atomic E-state index is 0.183. The molecule has 1 aliphatic heterocycles. The molecule has 2 heterocycles. The van der Waals surface area contributed by atoms with Crippen LogP contribution in [-0.2, 0) is 0 Å². The lowest BCUT2D eigenvalue weighted by Crippen LogP contribution is -1.97. The molecule has 0 saturated carbocycles. The summed E-state index contributed by atoms with van der Waals surface area (Å²) in [6.07, 6.45) is 0. The third-order valence-electron chi connectivity index (χ3n) is 2.89. The van der Waals surface area contributed by atoms with E-state index in [-0.39, 0.29) is 6.79 Å². The molecule has 0 saturated heterocycles. The van der Waals surface area contributed by atoms with E-state index in [4.69, 9.17) is 25.8 Å². The second-order valence-electron chi connectivity index (χ2n) is 4.15. The second-order valence-corrected chi connectivity index (χ2v) is 5.59. The Morgan fingerprint density at radius 3 is 2.80 bits per heavy atom. The summed E-state index contributed by atoms with van der Waals surface area (Å²) in [5.74, 6) is 2.34. The lowest BCUT2D eigenvalue weighted by molar-refractivity contribution is 0.171. The highest BCUT2D eigenvalue weighted by molar-refractivity contribution is 14.1. The number of ether oxygens (including phenoxy) is 3. The van der Waals surface area contributed by atoms with Crippen molar-refractivity contribution in [2.75, 3.05) is 13.9 Å². The Balaban J connectivity index is 2.16. The summed E-state index contributed by atoms with van der Waals surface area (Å²) < 4.78 is 16.9. The summed E-state index contributed by atoms with van der Waals surface area (Å²) in [6, 6.07) is 3.63. The Labute approximate surface area is 134 Å². The van der Waals surface area contributed by atoms with Gasteiger partial charge in [0, 0.05) is 5.56 Å². The topological polar surface area (TPSA) is 53.5 Å². The predicted molar refractivity (Wildman–Crippen MR) is 82.6 cm³/mol. The predicted octanol–water partition coefficient (Wildman–Crippen LogP) is 3.45. The van der Waals surface area contributed by atoms with Gasteiger partial charge in [-0.25, -0.2) is 9.97 Å². The van der Waals surface area contributed by atoms with Gasteiger partial charge in [0.25, 0.3) is 0 Å². The fraction of sp³-hybridized carbons (Fsp3) is 0.231. The van der Waals surface area contributed by atoms with Crippen LogP contribution in [0.5, 0.6) is 17.2 Å². The maximum Gasteiger partial charge on any atom is 0.231 e. The van der Waals surface area contributed by atoms with Crippen LogP contribution in [0.1, 0.15) is 5.69 Å². The zero-order valence-corrected chi connectivity index (χ0v) is 13.7. The number of hydrogen-bond donors (Lipinski definition) is 0. The number of rotatable bonds is 2. The van der Waals surface area contributed by atoms with E-state index in [0.29, 0.717) is 28.2 Å². The Morgan fingerprint density at radius 2 is 2.10 bits per heavy atom. The number of fused-ring (bicyclic) bond motifs is 1. The molecule has 5 nitrogen and oxygen atoms in total. The minimum Gasteiger partial charge on any atom is -0.493 e. The number of aromatic nitrogens is 2. The Morgan fingerprint density at radius 1 is 1.30 bits per heavy atom. The van der Waals surface area contributed by atoms with Crippen LogP contribution >= 0.6 is 34.2 Å². The summed E-state index contributed by atoms with van der Waals surface area (Å²) in [6.45, 7) is 2.07. The van der Waals surface area contributed by atoms with Gasteiger partial charge in [-0.3, -0.25) is 0 Å². The van der Waals surface area contributed by atoms with Crippen LogP contribution in [0.15, 0.2) is 12.1 Å². The molecule has 0 atom stereocenters. The lowest BCUT2D eigenvalue weighted by Gasteiger charge is -2.09. The molecule has 1 aromatic heterocycles. The van der Waals surface area contributed by atoms with Crippen molar-refractivity contribution >= 4 is 34.2 Å². The second kappa shape index (κ2) is 5.25. The van der Waals surface area contributed by atoms with Crippen molar-refractivity contribution in [3.05, 3.63) is 26.5 Å². The Hall–Kier alpha value is -1.28. The lowest BCUT2D eigenvalue weighted by atomic mass is 10.1. The number of methoxy groups -OCH3 is 1. The molecule has 0 N–H and O–H groups in total. The molecule has 0 radical (unpaired) electrons. The van der Waals surface area contributed by atoms with E-state index in [2.05, 4.69) is 32.6 Å². The normalized spacial score (nSPS) is 12.6. The van der Waals surface area contributed by atoms with E-state index < -0.39 is 0 Å². The first-order chi connectivity index (χ1) is 9.60. The van der Waals surface area contributed by atoms with E-state index in [9.17, 15) is 0 Å². The first-order valence-corrected chi connectivity index (χ1v) is 7.23. The highest BCUT2D eigenvalue weighted by Gasteiger charge is 2.22. The summed E-state index contributed by atoms with van der Waals surface area (Å²) in [7, 11) is 1.58. The number of halogens is 2. The van der Waals surface area contributed by atoms with Crippen LogP contribution in [-0.4, -0.2) is 23.9 Å². The molecule has 0 spiro atoms. The smallest absolute Gasteiger partial charge is 0.231 e. The average Bonchev–Trinajstić information content (AvgIpc) is 2.91. The molecular weight excluding hydrogens is 395 g/mol. The first-order valence-electron chi connectivity index (χ1n) is 5.78. The molecule has 0 bridgehead atoms. The van der Waals surface area contributed by atoms with Gasteiger partial charge in [-0.1, -0.05) is 11.6 Å². The molecule has 1 aromatic carbocycles. The molecule has 20 heavy (non-hydrogen) atoms. The van der Waals surface area contributed by atoms with Crippen molar-refractivity contribution in [2.24, 2.45) is 0 Å². The van der Waals surface area contributed by atoms with Crippen LogP contribution < -0.4 is 14.2 Å². The molecule has 0 amide bonds. The molecular formula is C13H10ClIN2O3. The summed E-state index contributed by atoms with van der Waals surface area (Å²) >= 11 is 8.24. The van der Waals surface area contributed by atoms with E-state index >= 15 is 0 Å². The highest BCUT2D eigenvalue weighted by atomic mass is 127. The largest absolute Gasteiger partial charge is 0.493 e. The number of nitrogens with zero attached hydrogens (tertiary/aromatic N) is 2. The van der Waals surface area contributed by atoms with Crippen LogP contribution in [0.3, 0.4) is 0 Å². The van der Waals surface area contributed by atoms with Gasteiger partial charge in [0.05, 0.1) is 16.4 Å². The van der Waals surface area contributed by atoms with Crippen molar-refractivity contribution in [3.8, 4) is 28.6 Å². The SMILES string of the molecule is COc1cc(-c2nc(C)c(I)c(Cl)n2)cc2c1OCO2. The van der Waals surface area contributed by atoms with E-state index in [1.165, 1.54) is 0 Å². The van der Waals surface area contributed by atoms with Gasteiger partial charge >= 0.3 is 0 Å². The van der Waals surface area contributed by atoms with Gasteiger partial charge in [0.15, 0.2) is 17.3 Å². The molecule has 104 valence electrons. The molecule has 1 aliphatic rings. The average molecular weight is 405 g/mol. The van der Waals surface area contributed by atoms with Gasteiger partial charge in [-0.05, 0) is 41.6 Å². The standard InChI is InChI=1S/C13H10ClIN2O3/c1-6-10(15)12(14)17-13(16-6)7-3-8(18-2)11-9(4-7)19-5-20-11/h3-4H,5H2,1-2H3. The maximum absolute atomic E-state index is 6.11. The zero-order valence-electron chi connectivity index (χ0n) is 10.7. The van der Waals surface area contributed by atoms with Crippen molar-refractivity contribution in [1.29, 1.82) is 0 Å². The third-order valence-corrected chi connectivity index (χ3v) is 4.78. The number of aryl methyl sites for hydroxylation is 1. The molecule has 2 aromatic rings. The van der Waals surface area contributed by atoms with Crippen LogP contribution in [0.4, 0.5) is 0 Å². The fourth-order valence-corrected chi connectivity index (χ4v) is 2.37. The first kappa shape index (κ1) is 13.7. The van der Waals surface area contributed by atoms with E-state index in [1.807, 2.05) is 19.1 Å². The molecule has 3 rings (SSSR count). The molecule has 0 fully saturated rings. The number of benzene rings is 1. The summed E-state index contributed by atoms with van der Waals surface area (Å²) in [5, 5.41) is 0.435. The third kappa shape index (κ3) is 2.26. The van der Waals surface area contributed by atoms with Crippen molar-refractivity contribution in [3.63, 3.8) is 0 Å². The molecule has 0 aliphatic carbocycles. The minimum atomic E-state index is 0.183. The summed E-state index contributed by atoms with van der Waals surface area (Å²) in [5.41, 5.74) is 1.60. The van der Waals surface area contributed by atoms with Gasteiger partial charge in [0.2, 0.25) is 12.5 Å². The zero-order chi connectivity index (χ0) is 14.3. The Kier molecular flexibility index (Phi) is 3.59. The maximum atomic E-state index is 6.11. The monoisotopic (exact) mass is 404 g/mol. The van der Waals surface area contributed by atoms with Gasteiger partial charge < -0.3 is 14.2 Å². The van der Waals surface area contributed by atoms with E-state index in [0.717, 1.165) is 14.8 Å². The molecule has 7 heteroatoms. The molecule has 0 unspecified atom stereocenters. The van der Waals surface area contributed by atoms with Gasteiger partial charge in [0.1, 0.15) is 5.15 Å². The van der Waals surface area contributed by atoms with Gasteiger partial charge in [-0.15, -0.1) is 0 Å². The quantitative estimate of drug-likeness (QED) is 0.567. The van der Waals surface area contributed by atoms with E-state index in [1.54, 1.807) is 7.11 Å². The fourth-order valence-electron chi connectivity index (χ4n) is 1.91.